The van der Waals surface area contributed by atoms with Gasteiger partial charge in [0.1, 0.15) is 17.8 Å². The average Bonchev–Trinajstić information content (AvgIpc) is 3.31. The molecule has 1 fully saturated rings. The number of aliphatic imine (C=N–C) groups is 1. The molecule has 1 aliphatic rings. The molecule has 0 aliphatic carbocycles. The Kier molecular flexibility index (Phi) is 6.91. The third-order valence-electron chi connectivity index (χ3n) is 4.89. The maximum Gasteiger partial charge on any atom is 0.220 e. The first-order valence-electron chi connectivity index (χ1n) is 9.72. The molecule has 0 spiro atoms. The molecule has 2 aromatic rings. The average molecular weight is 425 g/mol. The lowest BCUT2D eigenvalue weighted by Crippen LogP contribution is -2.54. The van der Waals surface area contributed by atoms with Crippen LogP contribution in [0, 0.1) is 13.8 Å². The Labute approximate surface area is 171 Å². The van der Waals surface area contributed by atoms with Crippen molar-refractivity contribution in [2.75, 3.05) is 39.3 Å². The predicted octanol–water partition coefficient (Wildman–Crippen LogP) is 0.935. The number of hydrogen-bond acceptors (Lipinski definition) is 7. The summed E-state index contributed by atoms with van der Waals surface area (Å²) in [5.74, 6) is 1.48. The van der Waals surface area contributed by atoms with Crippen molar-refractivity contribution in [3.8, 4) is 0 Å². The van der Waals surface area contributed by atoms with Gasteiger partial charge in [-0.05, 0) is 27.2 Å². The number of aromatic nitrogens is 2. The molecule has 3 rings (SSSR count). The molecule has 0 bridgehead atoms. The molecule has 1 N–H and O–H groups in total. The highest BCUT2D eigenvalue weighted by atomic mass is 32.2. The Balaban J connectivity index is 1.57. The van der Waals surface area contributed by atoms with Crippen molar-refractivity contribution < 1.29 is 17.5 Å². The lowest BCUT2D eigenvalue weighted by molar-refractivity contribution is 0.260. The molecule has 0 radical (unpaired) electrons. The van der Waals surface area contributed by atoms with Crippen LogP contribution >= 0.6 is 0 Å². The quantitative estimate of drug-likeness (QED) is 0.515. The molecule has 29 heavy (non-hydrogen) atoms. The molecule has 1 saturated heterocycles. The van der Waals surface area contributed by atoms with Gasteiger partial charge >= 0.3 is 0 Å². The van der Waals surface area contributed by atoms with E-state index in [2.05, 4.69) is 20.5 Å². The summed E-state index contributed by atoms with van der Waals surface area (Å²) in [6.45, 7) is 9.18. The van der Waals surface area contributed by atoms with Gasteiger partial charge in [-0.15, -0.1) is 0 Å². The summed E-state index contributed by atoms with van der Waals surface area (Å²) in [6.07, 6.45) is 2.13. The standard InChI is InChI=1S/C18H28N6O4S/c1-4-19-18(20-7-5-17-14(2)21-28-15(17)3)23-8-10-24(11-9-23)29(25,26)13-16-6-12-27-22-16/h6,12H,4-5,7-11,13H2,1-3H3,(H,19,20). The summed E-state index contributed by atoms with van der Waals surface area (Å²) in [5.41, 5.74) is 2.41. The van der Waals surface area contributed by atoms with E-state index in [4.69, 9.17) is 14.0 Å². The Hall–Kier alpha value is -2.40. The van der Waals surface area contributed by atoms with Gasteiger partial charge in [0.2, 0.25) is 10.0 Å². The number of hydrogen-bond donors (Lipinski definition) is 1. The van der Waals surface area contributed by atoms with E-state index in [9.17, 15) is 8.42 Å². The van der Waals surface area contributed by atoms with Crippen LogP contribution in [0.3, 0.4) is 0 Å². The molecule has 3 heterocycles. The Morgan fingerprint density at radius 2 is 2.00 bits per heavy atom. The normalized spacial score (nSPS) is 16.4. The Morgan fingerprint density at radius 1 is 1.24 bits per heavy atom. The zero-order valence-electron chi connectivity index (χ0n) is 17.1. The Bertz CT molecular complexity index is 895. The third kappa shape index (κ3) is 5.36. The maximum atomic E-state index is 12.6. The smallest absolute Gasteiger partial charge is 0.220 e. The monoisotopic (exact) mass is 424 g/mol. The summed E-state index contributed by atoms with van der Waals surface area (Å²) in [4.78, 5) is 6.81. The van der Waals surface area contributed by atoms with Crippen molar-refractivity contribution in [2.45, 2.75) is 32.9 Å². The minimum Gasteiger partial charge on any atom is -0.364 e. The Morgan fingerprint density at radius 3 is 2.59 bits per heavy atom. The van der Waals surface area contributed by atoms with Crippen molar-refractivity contribution in [1.82, 2.24) is 24.8 Å². The van der Waals surface area contributed by atoms with Crippen LogP contribution < -0.4 is 5.32 Å². The van der Waals surface area contributed by atoms with Crippen LogP contribution in [0.4, 0.5) is 0 Å². The molecular weight excluding hydrogens is 396 g/mol. The van der Waals surface area contributed by atoms with Crippen molar-refractivity contribution in [2.24, 2.45) is 4.99 Å². The van der Waals surface area contributed by atoms with Gasteiger partial charge in [-0.25, -0.2) is 8.42 Å². The van der Waals surface area contributed by atoms with E-state index in [1.54, 1.807) is 6.07 Å². The first-order valence-corrected chi connectivity index (χ1v) is 11.3. The first-order chi connectivity index (χ1) is 13.9. The van der Waals surface area contributed by atoms with Crippen LogP contribution in [0.5, 0.6) is 0 Å². The largest absolute Gasteiger partial charge is 0.364 e. The van der Waals surface area contributed by atoms with Crippen LogP contribution in [0.1, 0.15) is 29.6 Å². The van der Waals surface area contributed by atoms with Gasteiger partial charge in [0, 0.05) is 50.9 Å². The summed E-state index contributed by atoms with van der Waals surface area (Å²) in [6, 6.07) is 1.57. The van der Waals surface area contributed by atoms with E-state index >= 15 is 0 Å². The van der Waals surface area contributed by atoms with Crippen LogP contribution in [0.15, 0.2) is 26.4 Å². The molecule has 160 valence electrons. The fourth-order valence-corrected chi connectivity index (χ4v) is 4.75. The van der Waals surface area contributed by atoms with E-state index in [1.807, 2.05) is 20.8 Å². The van der Waals surface area contributed by atoms with Gasteiger partial charge in [0.05, 0.1) is 11.4 Å². The fourth-order valence-electron chi connectivity index (χ4n) is 3.33. The number of nitrogens with one attached hydrogen (secondary N) is 1. The van der Waals surface area contributed by atoms with Crippen molar-refractivity contribution >= 4 is 16.0 Å². The lowest BCUT2D eigenvalue weighted by atomic mass is 10.1. The van der Waals surface area contributed by atoms with Crippen LogP contribution in [-0.2, 0) is 22.2 Å². The number of guanidine groups is 1. The minimum atomic E-state index is -3.42. The number of sulfonamides is 1. The SMILES string of the molecule is CCNC(=NCCc1c(C)noc1C)N1CCN(S(=O)(=O)Cc2ccon2)CC1. The highest BCUT2D eigenvalue weighted by molar-refractivity contribution is 7.88. The summed E-state index contributed by atoms with van der Waals surface area (Å²) >= 11 is 0. The van der Waals surface area contributed by atoms with Crippen molar-refractivity contribution in [3.63, 3.8) is 0 Å². The molecular formula is C18H28N6O4S. The molecule has 10 nitrogen and oxygen atoms in total. The molecule has 0 unspecified atom stereocenters. The summed E-state index contributed by atoms with van der Waals surface area (Å²) in [5, 5.41) is 11.0. The van der Waals surface area contributed by atoms with Crippen LogP contribution in [-0.4, -0.2) is 73.2 Å². The van der Waals surface area contributed by atoms with Crippen molar-refractivity contribution in [1.29, 1.82) is 0 Å². The number of piperazine rings is 1. The van der Waals surface area contributed by atoms with Crippen molar-refractivity contribution in [3.05, 3.63) is 35.0 Å². The second-order valence-corrected chi connectivity index (χ2v) is 8.89. The van der Waals surface area contributed by atoms with Crippen LogP contribution in [0.25, 0.3) is 0 Å². The van der Waals surface area contributed by atoms with E-state index in [0.717, 1.165) is 35.9 Å². The zero-order valence-corrected chi connectivity index (χ0v) is 17.9. The minimum absolute atomic E-state index is 0.144. The molecule has 11 heteroatoms. The summed E-state index contributed by atoms with van der Waals surface area (Å²) < 4.78 is 36.6. The van der Waals surface area contributed by atoms with Gasteiger partial charge < -0.3 is 19.3 Å². The van der Waals surface area contributed by atoms with Gasteiger partial charge in [-0.3, -0.25) is 4.99 Å². The lowest BCUT2D eigenvalue weighted by Gasteiger charge is -2.35. The topological polar surface area (TPSA) is 117 Å². The highest BCUT2D eigenvalue weighted by Crippen LogP contribution is 2.14. The van der Waals surface area contributed by atoms with Crippen LogP contribution in [0.2, 0.25) is 0 Å². The van der Waals surface area contributed by atoms with E-state index < -0.39 is 10.0 Å². The van der Waals surface area contributed by atoms with E-state index in [1.165, 1.54) is 10.6 Å². The number of nitrogens with zero attached hydrogens (tertiary/aromatic N) is 5. The highest BCUT2D eigenvalue weighted by Gasteiger charge is 2.29. The molecule has 0 amide bonds. The molecule has 0 saturated carbocycles. The fraction of sp³-hybridized carbons (Fsp3) is 0.611. The first kappa shape index (κ1) is 21.3. The maximum absolute atomic E-state index is 12.6. The third-order valence-corrected chi connectivity index (χ3v) is 6.71. The second-order valence-electron chi connectivity index (χ2n) is 6.92. The van der Waals surface area contributed by atoms with E-state index in [0.29, 0.717) is 38.4 Å². The molecule has 0 atom stereocenters. The zero-order chi connectivity index (χ0) is 20.9. The van der Waals surface area contributed by atoms with Gasteiger partial charge in [-0.1, -0.05) is 10.3 Å². The number of aryl methyl sites for hydroxylation is 2. The van der Waals surface area contributed by atoms with Gasteiger partial charge in [0.15, 0.2) is 5.96 Å². The predicted molar refractivity (Wildman–Crippen MR) is 108 cm³/mol. The van der Waals surface area contributed by atoms with Gasteiger partial charge in [-0.2, -0.15) is 4.31 Å². The van der Waals surface area contributed by atoms with E-state index in [-0.39, 0.29) is 5.75 Å². The second kappa shape index (κ2) is 9.40. The summed E-state index contributed by atoms with van der Waals surface area (Å²) in [7, 11) is -3.42. The van der Waals surface area contributed by atoms with Gasteiger partial charge in [0.25, 0.3) is 0 Å². The molecule has 2 aromatic heterocycles. The molecule has 0 aromatic carbocycles. The molecule has 1 aliphatic heterocycles. The number of rotatable bonds is 7.